The number of carbonyl (C=O) groups is 1. The van der Waals surface area contributed by atoms with E-state index in [4.69, 9.17) is 0 Å². The number of pyridine rings is 1. The monoisotopic (exact) mass is 470 g/mol. The molecule has 1 atom stereocenters. The predicted molar refractivity (Wildman–Crippen MR) is 123 cm³/mol. The first-order valence-electron chi connectivity index (χ1n) is 10.3. The second kappa shape index (κ2) is 9.11. The standard InChI is InChI=1S/C23H20F2N6O.ClH/c1-14-4-2-9-26-21(14)23(32)28-18-13-27-31-11-8-20(29-22(18)31)30-10-3-5-19(30)16-12-15(24)6-7-17(16)25;/h2,4,6-9,11-13,19H,3,5,10H2,1H3,(H,28,32);1H. The van der Waals surface area contributed by atoms with Gasteiger partial charge in [-0.25, -0.2) is 18.3 Å². The first-order chi connectivity index (χ1) is 15.5. The third-order valence-electron chi connectivity index (χ3n) is 5.69. The van der Waals surface area contributed by atoms with E-state index in [-0.39, 0.29) is 24.4 Å². The van der Waals surface area contributed by atoms with E-state index in [9.17, 15) is 13.6 Å². The SMILES string of the molecule is Cc1cccnc1C(=O)Nc1cnn2ccc(N3CCCC3c3cc(F)ccc3F)nc12.Cl. The average molecular weight is 471 g/mol. The number of aromatic nitrogens is 4. The van der Waals surface area contributed by atoms with Gasteiger partial charge >= 0.3 is 0 Å². The number of amides is 1. The molecular weight excluding hydrogens is 450 g/mol. The molecule has 1 fully saturated rings. The van der Waals surface area contributed by atoms with Crippen molar-refractivity contribution in [3.8, 4) is 0 Å². The van der Waals surface area contributed by atoms with Crippen LogP contribution in [0.3, 0.4) is 0 Å². The Morgan fingerprint density at radius 1 is 1.21 bits per heavy atom. The largest absolute Gasteiger partial charge is 0.349 e. The highest BCUT2D eigenvalue weighted by molar-refractivity contribution is 6.05. The molecule has 1 saturated heterocycles. The zero-order valence-electron chi connectivity index (χ0n) is 17.7. The quantitative estimate of drug-likeness (QED) is 0.467. The predicted octanol–water partition coefficient (Wildman–Crippen LogP) is 4.73. The van der Waals surface area contributed by atoms with Gasteiger partial charge in [0.2, 0.25) is 0 Å². The maximum Gasteiger partial charge on any atom is 0.274 e. The zero-order chi connectivity index (χ0) is 22.2. The highest BCUT2D eigenvalue weighted by Gasteiger charge is 2.30. The summed E-state index contributed by atoms with van der Waals surface area (Å²) < 4.78 is 29.8. The lowest BCUT2D eigenvalue weighted by molar-refractivity contribution is 0.102. The van der Waals surface area contributed by atoms with Crippen LogP contribution in [0.15, 0.2) is 55.0 Å². The minimum atomic E-state index is -0.470. The fourth-order valence-corrected chi connectivity index (χ4v) is 4.15. The number of halogens is 3. The summed E-state index contributed by atoms with van der Waals surface area (Å²) in [7, 11) is 0. The van der Waals surface area contributed by atoms with E-state index in [0.29, 0.717) is 41.4 Å². The molecule has 33 heavy (non-hydrogen) atoms. The zero-order valence-corrected chi connectivity index (χ0v) is 18.5. The molecule has 1 aliphatic rings. The molecule has 1 unspecified atom stereocenters. The van der Waals surface area contributed by atoms with E-state index >= 15 is 0 Å². The van der Waals surface area contributed by atoms with E-state index in [2.05, 4.69) is 20.4 Å². The Morgan fingerprint density at radius 2 is 2.06 bits per heavy atom. The van der Waals surface area contributed by atoms with Crippen molar-refractivity contribution >= 4 is 35.5 Å². The number of carbonyl (C=O) groups excluding carboxylic acids is 1. The maximum atomic E-state index is 14.4. The van der Waals surface area contributed by atoms with Gasteiger partial charge in [0.25, 0.3) is 5.91 Å². The van der Waals surface area contributed by atoms with Crippen LogP contribution in [0.4, 0.5) is 20.3 Å². The minimum absolute atomic E-state index is 0. The number of fused-ring (bicyclic) bond motifs is 1. The number of hydrogen-bond donors (Lipinski definition) is 1. The number of anilines is 2. The lowest BCUT2D eigenvalue weighted by Gasteiger charge is -2.26. The van der Waals surface area contributed by atoms with Gasteiger partial charge in [-0.05, 0) is 55.7 Å². The van der Waals surface area contributed by atoms with Crippen molar-refractivity contribution in [1.29, 1.82) is 0 Å². The Hall–Kier alpha value is -3.59. The molecule has 5 rings (SSSR count). The van der Waals surface area contributed by atoms with E-state index in [1.165, 1.54) is 12.3 Å². The van der Waals surface area contributed by atoms with E-state index < -0.39 is 11.6 Å². The fraction of sp³-hybridized carbons (Fsp3) is 0.217. The van der Waals surface area contributed by atoms with Crippen LogP contribution in [0.5, 0.6) is 0 Å². The normalized spacial score (nSPS) is 15.5. The Kier molecular flexibility index (Phi) is 6.24. The van der Waals surface area contributed by atoms with Gasteiger partial charge in [-0.1, -0.05) is 6.07 Å². The van der Waals surface area contributed by atoms with Crippen molar-refractivity contribution in [1.82, 2.24) is 19.6 Å². The third-order valence-corrected chi connectivity index (χ3v) is 5.69. The molecular formula is C23H21ClF2N6O. The molecule has 10 heteroatoms. The summed E-state index contributed by atoms with van der Waals surface area (Å²) in [6.45, 7) is 2.47. The van der Waals surface area contributed by atoms with Crippen molar-refractivity contribution in [3.63, 3.8) is 0 Å². The van der Waals surface area contributed by atoms with Gasteiger partial charge in [-0.2, -0.15) is 5.10 Å². The molecule has 0 spiro atoms. The van der Waals surface area contributed by atoms with Crippen molar-refractivity contribution in [2.45, 2.75) is 25.8 Å². The van der Waals surface area contributed by atoms with E-state index in [0.717, 1.165) is 24.1 Å². The molecule has 1 aromatic carbocycles. The van der Waals surface area contributed by atoms with Crippen LogP contribution in [0.2, 0.25) is 0 Å². The summed E-state index contributed by atoms with van der Waals surface area (Å²) in [5, 5.41) is 7.07. The topological polar surface area (TPSA) is 75.4 Å². The van der Waals surface area contributed by atoms with E-state index in [1.807, 2.05) is 17.9 Å². The van der Waals surface area contributed by atoms with Crippen LogP contribution < -0.4 is 10.2 Å². The Bertz CT molecular complexity index is 1330. The summed E-state index contributed by atoms with van der Waals surface area (Å²) in [5.74, 6) is -0.658. The summed E-state index contributed by atoms with van der Waals surface area (Å²) in [6.07, 6.45) is 6.34. The van der Waals surface area contributed by atoms with Gasteiger partial charge in [0.15, 0.2) is 5.65 Å². The number of nitrogens with one attached hydrogen (secondary N) is 1. The maximum absolute atomic E-state index is 14.4. The molecule has 0 saturated carbocycles. The molecule has 1 amide bonds. The molecule has 1 aliphatic heterocycles. The van der Waals surface area contributed by atoms with Crippen LogP contribution >= 0.6 is 12.4 Å². The van der Waals surface area contributed by atoms with Crippen LogP contribution in [0.1, 0.15) is 40.5 Å². The second-order valence-electron chi connectivity index (χ2n) is 7.75. The van der Waals surface area contributed by atoms with Gasteiger partial charge in [0.05, 0.1) is 12.2 Å². The molecule has 7 nitrogen and oxygen atoms in total. The second-order valence-corrected chi connectivity index (χ2v) is 7.75. The van der Waals surface area contributed by atoms with Gasteiger partial charge in [0.1, 0.15) is 28.8 Å². The van der Waals surface area contributed by atoms with Crippen LogP contribution in [0.25, 0.3) is 5.65 Å². The highest BCUT2D eigenvalue weighted by atomic mass is 35.5. The summed E-state index contributed by atoms with van der Waals surface area (Å²) in [6, 6.07) is 8.56. The molecule has 3 aromatic heterocycles. The van der Waals surface area contributed by atoms with Gasteiger partial charge < -0.3 is 10.2 Å². The summed E-state index contributed by atoms with van der Waals surface area (Å²) in [4.78, 5) is 23.5. The Labute approximate surface area is 194 Å². The number of aryl methyl sites for hydroxylation is 1. The molecule has 4 heterocycles. The van der Waals surface area contributed by atoms with E-state index in [1.54, 1.807) is 29.0 Å². The molecule has 0 aliphatic carbocycles. The lowest BCUT2D eigenvalue weighted by atomic mass is 10.0. The Morgan fingerprint density at radius 3 is 2.88 bits per heavy atom. The van der Waals surface area contributed by atoms with Crippen molar-refractivity contribution < 1.29 is 13.6 Å². The average Bonchev–Trinajstić information content (AvgIpc) is 3.43. The third kappa shape index (κ3) is 4.23. The van der Waals surface area contributed by atoms with Crippen LogP contribution in [0, 0.1) is 18.6 Å². The molecule has 1 N–H and O–H groups in total. The van der Waals surface area contributed by atoms with Gasteiger partial charge in [-0.15, -0.1) is 12.4 Å². The minimum Gasteiger partial charge on any atom is -0.349 e. The fourth-order valence-electron chi connectivity index (χ4n) is 4.15. The first-order valence-corrected chi connectivity index (χ1v) is 10.3. The van der Waals surface area contributed by atoms with Crippen molar-refractivity contribution in [2.24, 2.45) is 0 Å². The molecule has 4 aromatic rings. The number of hydrogen-bond acceptors (Lipinski definition) is 5. The summed E-state index contributed by atoms with van der Waals surface area (Å²) >= 11 is 0. The van der Waals surface area contributed by atoms with Gasteiger partial charge in [-0.3, -0.25) is 9.78 Å². The van der Waals surface area contributed by atoms with Crippen LogP contribution in [-0.2, 0) is 0 Å². The number of rotatable bonds is 4. The highest BCUT2D eigenvalue weighted by Crippen LogP contribution is 2.37. The van der Waals surface area contributed by atoms with Crippen molar-refractivity contribution in [3.05, 3.63) is 83.4 Å². The lowest BCUT2D eigenvalue weighted by Crippen LogP contribution is -2.24. The Balaban J connectivity index is 0.00000259. The molecule has 0 radical (unpaired) electrons. The number of nitrogens with zero attached hydrogens (tertiary/aromatic N) is 5. The van der Waals surface area contributed by atoms with Crippen molar-refractivity contribution in [2.75, 3.05) is 16.8 Å². The number of benzene rings is 1. The van der Waals surface area contributed by atoms with Gasteiger partial charge in [0, 0.05) is 24.5 Å². The molecule has 0 bridgehead atoms. The first kappa shape index (κ1) is 22.6. The summed E-state index contributed by atoms with van der Waals surface area (Å²) in [5.41, 5.74) is 2.29. The smallest absolute Gasteiger partial charge is 0.274 e. The van der Waals surface area contributed by atoms with Crippen LogP contribution in [-0.4, -0.2) is 32.0 Å². The molecule has 170 valence electrons.